The van der Waals surface area contributed by atoms with Crippen molar-refractivity contribution in [3.8, 4) is 0 Å². The largest absolute Gasteiger partial charge is 0.463 e. The van der Waals surface area contributed by atoms with Gasteiger partial charge in [0.2, 0.25) is 0 Å². The molecule has 28 heavy (non-hydrogen) atoms. The number of ether oxygens (including phenoxy) is 1. The first-order valence-electron chi connectivity index (χ1n) is 9.01. The van der Waals surface area contributed by atoms with Gasteiger partial charge in [-0.25, -0.2) is 9.59 Å². The molecular weight excluding hydrogens is 384 g/mol. The van der Waals surface area contributed by atoms with Gasteiger partial charge in [0.05, 0.1) is 23.1 Å². The van der Waals surface area contributed by atoms with Crippen LogP contribution in [-0.2, 0) is 9.53 Å². The summed E-state index contributed by atoms with van der Waals surface area (Å²) in [6.45, 7) is 4.01. The predicted molar refractivity (Wildman–Crippen MR) is 105 cm³/mol. The number of nitro benzene ring substituents is 1. The Morgan fingerprint density at radius 3 is 2.82 bits per heavy atom. The zero-order chi connectivity index (χ0) is 20.1. The standard InChI is InChI=1S/C18H22N4O5S/c1-2-27-17(23)15-14(11-21-6-8-28-9-7-21)19-18(24)20-16(15)12-4-3-5-13(10-12)22(25)26/h3-5,10,16H,2,6-9,11H2,1H3,(H2,19,20,24)/t16-/m1/s1. The maximum atomic E-state index is 12.7. The maximum absolute atomic E-state index is 12.7. The molecule has 10 heteroatoms. The van der Waals surface area contributed by atoms with E-state index in [0.29, 0.717) is 17.8 Å². The number of nitrogens with zero attached hydrogens (tertiary/aromatic N) is 2. The van der Waals surface area contributed by atoms with Gasteiger partial charge in [0.25, 0.3) is 5.69 Å². The molecule has 1 saturated heterocycles. The number of carbonyl (C=O) groups excluding carboxylic acids is 2. The van der Waals surface area contributed by atoms with Crippen molar-refractivity contribution in [3.63, 3.8) is 0 Å². The Hall–Kier alpha value is -2.59. The van der Waals surface area contributed by atoms with E-state index in [0.717, 1.165) is 24.6 Å². The molecule has 2 aliphatic heterocycles. The highest BCUT2D eigenvalue weighted by atomic mass is 32.2. The second-order valence-electron chi connectivity index (χ2n) is 6.38. The number of hydrogen-bond donors (Lipinski definition) is 2. The number of nitro groups is 1. The van der Waals surface area contributed by atoms with E-state index in [9.17, 15) is 19.7 Å². The SMILES string of the molecule is CCOC(=O)C1=C(CN2CCSCC2)NC(=O)N[C@@H]1c1cccc([N+](=O)[O-])c1. The van der Waals surface area contributed by atoms with E-state index in [1.807, 2.05) is 11.8 Å². The molecule has 2 amide bonds. The van der Waals surface area contributed by atoms with E-state index in [1.54, 1.807) is 13.0 Å². The highest BCUT2D eigenvalue weighted by Crippen LogP contribution is 2.30. The molecule has 2 aliphatic rings. The third-order valence-corrected chi connectivity index (χ3v) is 5.49. The van der Waals surface area contributed by atoms with Crippen LogP contribution in [0.1, 0.15) is 18.5 Å². The number of nitrogens with one attached hydrogen (secondary N) is 2. The lowest BCUT2D eigenvalue weighted by Gasteiger charge is -2.33. The molecule has 9 nitrogen and oxygen atoms in total. The lowest BCUT2D eigenvalue weighted by molar-refractivity contribution is -0.384. The minimum absolute atomic E-state index is 0.108. The summed E-state index contributed by atoms with van der Waals surface area (Å²) in [7, 11) is 0. The fraction of sp³-hybridized carbons (Fsp3) is 0.444. The maximum Gasteiger partial charge on any atom is 0.338 e. The summed E-state index contributed by atoms with van der Waals surface area (Å²) < 4.78 is 5.22. The van der Waals surface area contributed by atoms with Gasteiger partial charge in [0.1, 0.15) is 0 Å². The Bertz CT molecular complexity index is 807. The highest BCUT2D eigenvalue weighted by molar-refractivity contribution is 7.99. The molecule has 2 N–H and O–H groups in total. The predicted octanol–water partition coefficient (Wildman–Crippen LogP) is 1.81. The van der Waals surface area contributed by atoms with Crippen LogP contribution in [0.5, 0.6) is 0 Å². The monoisotopic (exact) mass is 406 g/mol. The number of thioether (sulfide) groups is 1. The van der Waals surface area contributed by atoms with Gasteiger partial charge in [-0.3, -0.25) is 15.0 Å². The molecule has 0 radical (unpaired) electrons. The van der Waals surface area contributed by atoms with Gasteiger partial charge in [-0.05, 0) is 12.5 Å². The number of carbonyl (C=O) groups is 2. The van der Waals surface area contributed by atoms with Crippen LogP contribution in [0.15, 0.2) is 35.5 Å². The van der Waals surface area contributed by atoms with Gasteiger partial charge in [0, 0.05) is 49.0 Å². The summed E-state index contributed by atoms with van der Waals surface area (Å²) in [5.74, 6) is 1.43. The van der Waals surface area contributed by atoms with Crippen LogP contribution < -0.4 is 10.6 Å². The average molecular weight is 406 g/mol. The highest BCUT2D eigenvalue weighted by Gasteiger charge is 2.35. The van der Waals surface area contributed by atoms with Gasteiger partial charge >= 0.3 is 12.0 Å². The third-order valence-electron chi connectivity index (χ3n) is 4.55. The van der Waals surface area contributed by atoms with Crippen molar-refractivity contribution in [2.45, 2.75) is 13.0 Å². The van der Waals surface area contributed by atoms with Crippen LogP contribution >= 0.6 is 11.8 Å². The van der Waals surface area contributed by atoms with Gasteiger partial charge in [-0.1, -0.05) is 12.1 Å². The first kappa shape index (κ1) is 20.2. The van der Waals surface area contributed by atoms with Crippen molar-refractivity contribution >= 4 is 29.4 Å². The van der Waals surface area contributed by atoms with E-state index >= 15 is 0 Å². The normalized spacial score (nSPS) is 20.3. The number of hydrogen-bond acceptors (Lipinski definition) is 7. The molecule has 150 valence electrons. The first-order chi connectivity index (χ1) is 13.5. The molecule has 2 heterocycles. The van der Waals surface area contributed by atoms with E-state index in [2.05, 4.69) is 15.5 Å². The van der Waals surface area contributed by atoms with Gasteiger partial charge in [0.15, 0.2) is 0 Å². The third kappa shape index (κ3) is 4.63. The molecule has 0 aliphatic carbocycles. The summed E-state index contributed by atoms with van der Waals surface area (Å²) in [5.41, 5.74) is 1.10. The van der Waals surface area contributed by atoms with Crippen LogP contribution in [0, 0.1) is 10.1 Å². The zero-order valence-electron chi connectivity index (χ0n) is 15.5. The lowest BCUT2D eigenvalue weighted by atomic mass is 9.94. The molecule has 1 aromatic rings. The fourth-order valence-electron chi connectivity index (χ4n) is 3.24. The van der Waals surface area contributed by atoms with Crippen molar-refractivity contribution in [3.05, 3.63) is 51.2 Å². The number of esters is 1. The molecule has 0 unspecified atom stereocenters. The second kappa shape index (κ2) is 9.07. The molecule has 0 spiro atoms. The van der Waals surface area contributed by atoms with Gasteiger partial charge in [-0.15, -0.1) is 0 Å². The van der Waals surface area contributed by atoms with Crippen molar-refractivity contribution in [1.29, 1.82) is 0 Å². The fourth-order valence-corrected chi connectivity index (χ4v) is 4.22. The van der Waals surface area contributed by atoms with Crippen molar-refractivity contribution < 1.29 is 19.2 Å². The molecular formula is C18H22N4O5S. The molecule has 1 aromatic carbocycles. The summed E-state index contributed by atoms with van der Waals surface area (Å²) in [6, 6.07) is 4.65. The summed E-state index contributed by atoms with van der Waals surface area (Å²) in [4.78, 5) is 37.8. The van der Waals surface area contributed by atoms with E-state index < -0.39 is 23.0 Å². The van der Waals surface area contributed by atoms with Crippen molar-refractivity contribution in [2.24, 2.45) is 0 Å². The van der Waals surface area contributed by atoms with Crippen LogP contribution in [0.4, 0.5) is 10.5 Å². The first-order valence-corrected chi connectivity index (χ1v) is 10.2. The van der Waals surface area contributed by atoms with E-state index in [-0.39, 0.29) is 17.9 Å². The Morgan fingerprint density at radius 1 is 1.39 bits per heavy atom. The Morgan fingerprint density at radius 2 is 2.14 bits per heavy atom. The number of rotatable bonds is 6. The summed E-state index contributed by atoms with van der Waals surface area (Å²) in [5, 5.41) is 16.6. The van der Waals surface area contributed by atoms with Gasteiger partial charge < -0.3 is 15.4 Å². The number of urea groups is 1. The second-order valence-corrected chi connectivity index (χ2v) is 7.61. The lowest BCUT2D eigenvalue weighted by Crippen LogP contribution is -2.49. The summed E-state index contributed by atoms with van der Waals surface area (Å²) in [6.07, 6.45) is 0. The smallest absolute Gasteiger partial charge is 0.338 e. The van der Waals surface area contributed by atoms with Crippen molar-refractivity contribution in [2.75, 3.05) is 37.7 Å². The van der Waals surface area contributed by atoms with E-state index in [4.69, 9.17) is 4.74 Å². The molecule has 0 saturated carbocycles. The number of amides is 2. The van der Waals surface area contributed by atoms with Crippen LogP contribution in [0.25, 0.3) is 0 Å². The minimum atomic E-state index is -0.818. The van der Waals surface area contributed by atoms with Crippen LogP contribution in [0.2, 0.25) is 0 Å². The Kier molecular flexibility index (Phi) is 6.53. The quantitative estimate of drug-likeness (QED) is 0.421. The van der Waals surface area contributed by atoms with Crippen LogP contribution in [0.3, 0.4) is 0 Å². The van der Waals surface area contributed by atoms with Gasteiger partial charge in [-0.2, -0.15) is 11.8 Å². The summed E-state index contributed by atoms with van der Waals surface area (Å²) >= 11 is 1.87. The van der Waals surface area contributed by atoms with Crippen LogP contribution in [-0.4, -0.2) is 59.6 Å². The zero-order valence-corrected chi connectivity index (χ0v) is 16.3. The Balaban J connectivity index is 2.01. The Labute approximate surface area is 166 Å². The molecule has 3 rings (SSSR count). The molecule has 0 aromatic heterocycles. The average Bonchev–Trinajstić information content (AvgIpc) is 2.68. The molecule has 0 bridgehead atoms. The topological polar surface area (TPSA) is 114 Å². The number of benzene rings is 1. The van der Waals surface area contributed by atoms with E-state index in [1.165, 1.54) is 18.2 Å². The molecule has 1 fully saturated rings. The number of non-ortho nitro benzene ring substituents is 1. The van der Waals surface area contributed by atoms with Crippen molar-refractivity contribution in [1.82, 2.24) is 15.5 Å². The molecule has 1 atom stereocenters. The minimum Gasteiger partial charge on any atom is -0.463 e.